The van der Waals surface area contributed by atoms with E-state index in [2.05, 4.69) is 15.9 Å². The van der Waals surface area contributed by atoms with Crippen molar-refractivity contribution in [3.8, 4) is 0 Å². The lowest BCUT2D eigenvalue weighted by molar-refractivity contribution is -0.385. The van der Waals surface area contributed by atoms with Crippen LogP contribution in [0, 0.1) is 15.9 Å². The van der Waals surface area contributed by atoms with Crippen molar-refractivity contribution in [1.82, 2.24) is 0 Å². The maximum absolute atomic E-state index is 13.0. The van der Waals surface area contributed by atoms with Gasteiger partial charge >= 0.3 is 0 Å². The fraction of sp³-hybridized carbons (Fsp3) is 0.200. The molecule has 21 heavy (non-hydrogen) atoms. The summed E-state index contributed by atoms with van der Waals surface area (Å²) >= 11 is 3.30. The molecule has 0 saturated heterocycles. The third-order valence-electron chi connectivity index (χ3n) is 3.19. The first-order chi connectivity index (χ1) is 10.0. The van der Waals surface area contributed by atoms with Crippen LogP contribution in [0.15, 0.2) is 46.9 Å². The molecule has 0 aromatic heterocycles. The molecule has 0 unspecified atom stereocenters. The molecule has 0 spiro atoms. The highest BCUT2D eigenvalue weighted by Gasteiger charge is 2.16. The second-order valence-electron chi connectivity index (χ2n) is 4.50. The van der Waals surface area contributed by atoms with Gasteiger partial charge in [-0.15, -0.1) is 0 Å². The monoisotopic (exact) mass is 352 g/mol. The molecule has 0 aliphatic carbocycles. The van der Waals surface area contributed by atoms with E-state index in [0.29, 0.717) is 17.6 Å². The van der Waals surface area contributed by atoms with E-state index in [1.165, 1.54) is 18.2 Å². The highest BCUT2D eigenvalue weighted by Crippen LogP contribution is 2.30. The molecule has 2 aromatic carbocycles. The minimum Gasteiger partial charge on any atom is -0.367 e. The maximum atomic E-state index is 13.0. The van der Waals surface area contributed by atoms with Gasteiger partial charge in [-0.1, -0.05) is 12.1 Å². The van der Waals surface area contributed by atoms with E-state index in [0.717, 1.165) is 11.3 Å². The van der Waals surface area contributed by atoms with Gasteiger partial charge in [0.05, 0.1) is 4.92 Å². The van der Waals surface area contributed by atoms with Gasteiger partial charge in [-0.05, 0) is 52.7 Å². The highest BCUT2D eigenvalue weighted by atomic mass is 79.9. The molecule has 0 fully saturated rings. The quantitative estimate of drug-likeness (QED) is 0.586. The summed E-state index contributed by atoms with van der Waals surface area (Å²) in [6.07, 6.45) is 0. The SMILES string of the molecule is CCN(Cc1cccc([N+](=O)[O-])c1Br)c1ccc(F)cc1. The number of anilines is 1. The van der Waals surface area contributed by atoms with Crippen molar-refractivity contribution in [3.05, 3.63) is 68.4 Å². The topological polar surface area (TPSA) is 46.4 Å². The lowest BCUT2D eigenvalue weighted by Crippen LogP contribution is -2.22. The van der Waals surface area contributed by atoms with Crippen LogP contribution in [-0.4, -0.2) is 11.5 Å². The lowest BCUT2D eigenvalue weighted by Gasteiger charge is -2.23. The van der Waals surface area contributed by atoms with E-state index in [4.69, 9.17) is 0 Å². The number of hydrogen-bond acceptors (Lipinski definition) is 3. The first kappa shape index (κ1) is 15.4. The number of rotatable bonds is 5. The maximum Gasteiger partial charge on any atom is 0.283 e. The Balaban J connectivity index is 2.29. The molecule has 0 heterocycles. The van der Waals surface area contributed by atoms with Gasteiger partial charge < -0.3 is 4.90 Å². The van der Waals surface area contributed by atoms with Crippen LogP contribution in [0.2, 0.25) is 0 Å². The van der Waals surface area contributed by atoms with Gasteiger partial charge in [-0.25, -0.2) is 4.39 Å². The van der Waals surface area contributed by atoms with E-state index in [1.54, 1.807) is 18.2 Å². The first-order valence-corrected chi connectivity index (χ1v) is 7.24. The zero-order chi connectivity index (χ0) is 15.4. The Hall–Kier alpha value is -1.95. The van der Waals surface area contributed by atoms with Crippen molar-refractivity contribution in [2.45, 2.75) is 13.5 Å². The lowest BCUT2D eigenvalue weighted by atomic mass is 10.1. The Morgan fingerprint density at radius 1 is 1.24 bits per heavy atom. The van der Waals surface area contributed by atoms with E-state index >= 15 is 0 Å². The second-order valence-corrected chi connectivity index (χ2v) is 5.29. The van der Waals surface area contributed by atoms with Crippen LogP contribution in [0.4, 0.5) is 15.8 Å². The summed E-state index contributed by atoms with van der Waals surface area (Å²) in [6.45, 7) is 3.19. The van der Waals surface area contributed by atoms with E-state index < -0.39 is 4.92 Å². The molecule has 0 radical (unpaired) electrons. The number of benzene rings is 2. The number of nitro groups is 1. The zero-order valence-corrected chi connectivity index (χ0v) is 13.0. The highest BCUT2D eigenvalue weighted by molar-refractivity contribution is 9.10. The largest absolute Gasteiger partial charge is 0.367 e. The summed E-state index contributed by atoms with van der Waals surface area (Å²) in [7, 11) is 0. The number of nitrogens with zero attached hydrogens (tertiary/aromatic N) is 2. The molecule has 0 saturated carbocycles. The number of hydrogen-bond donors (Lipinski definition) is 0. The van der Waals surface area contributed by atoms with Crippen LogP contribution in [0.3, 0.4) is 0 Å². The van der Waals surface area contributed by atoms with Crippen molar-refractivity contribution in [2.24, 2.45) is 0 Å². The Kier molecular flexibility index (Phi) is 4.90. The zero-order valence-electron chi connectivity index (χ0n) is 11.4. The molecule has 4 nitrogen and oxygen atoms in total. The first-order valence-electron chi connectivity index (χ1n) is 6.45. The van der Waals surface area contributed by atoms with Gasteiger partial charge in [-0.2, -0.15) is 0 Å². The standard InChI is InChI=1S/C15H14BrFN2O2/c1-2-18(13-8-6-12(17)7-9-13)10-11-4-3-5-14(15(11)16)19(20)21/h3-9H,2,10H2,1H3. The summed E-state index contributed by atoms with van der Waals surface area (Å²) in [6, 6.07) is 11.2. The molecule has 6 heteroatoms. The van der Waals surface area contributed by atoms with Crippen LogP contribution in [0.25, 0.3) is 0 Å². The van der Waals surface area contributed by atoms with Crippen molar-refractivity contribution in [1.29, 1.82) is 0 Å². The van der Waals surface area contributed by atoms with Gasteiger partial charge in [0.25, 0.3) is 5.69 Å². The number of halogens is 2. The minimum atomic E-state index is -0.415. The molecular weight excluding hydrogens is 339 g/mol. The third-order valence-corrected chi connectivity index (χ3v) is 4.11. The second kappa shape index (κ2) is 6.67. The van der Waals surface area contributed by atoms with Crippen molar-refractivity contribution in [2.75, 3.05) is 11.4 Å². The van der Waals surface area contributed by atoms with E-state index in [9.17, 15) is 14.5 Å². The predicted octanol–water partition coefficient (Wildman–Crippen LogP) is 4.52. The normalized spacial score (nSPS) is 10.4. The molecular formula is C15H14BrFN2O2. The summed E-state index contributed by atoms with van der Waals surface area (Å²) in [5.41, 5.74) is 1.73. The molecule has 2 rings (SSSR count). The van der Waals surface area contributed by atoms with Crippen LogP contribution < -0.4 is 4.90 Å². The van der Waals surface area contributed by atoms with Gasteiger partial charge in [0, 0.05) is 24.8 Å². The van der Waals surface area contributed by atoms with E-state index in [1.807, 2.05) is 17.9 Å². The molecule has 110 valence electrons. The molecule has 0 bridgehead atoms. The molecule has 0 N–H and O–H groups in total. The Morgan fingerprint density at radius 3 is 2.48 bits per heavy atom. The molecule has 0 aliphatic rings. The Bertz CT molecular complexity index is 647. The summed E-state index contributed by atoms with van der Waals surface area (Å²) in [5, 5.41) is 11.0. The van der Waals surface area contributed by atoms with Crippen LogP contribution in [0.5, 0.6) is 0 Å². The van der Waals surface area contributed by atoms with Gasteiger partial charge in [0.15, 0.2) is 0 Å². The van der Waals surface area contributed by atoms with Crippen LogP contribution >= 0.6 is 15.9 Å². The number of nitro benzene ring substituents is 1. The smallest absolute Gasteiger partial charge is 0.283 e. The fourth-order valence-corrected chi connectivity index (χ4v) is 2.61. The third kappa shape index (κ3) is 3.58. The van der Waals surface area contributed by atoms with E-state index in [-0.39, 0.29) is 11.5 Å². The van der Waals surface area contributed by atoms with Crippen LogP contribution in [-0.2, 0) is 6.54 Å². The van der Waals surface area contributed by atoms with Crippen molar-refractivity contribution < 1.29 is 9.31 Å². The van der Waals surface area contributed by atoms with Gasteiger partial charge in [0.2, 0.25) is 0 Å². The van der Waals surface area contributed by atoms with Crippen LogP contribution in [0.1, 0.15) is 12.5 Å². The fourth-order valence-electron chi connectivity index (χ4n) is 2.07. The average Bonchev–Trinajstić information content (AvgIpc) is 2.47. The predicted molar refractivity (Wildman–Crippen MR) is 83.9 cm³/mol. The van der Waals surface area contributed by atoms with Crippen molar-refractivity contribution >= 4 is 27.3 Å². The molecule has 0 aliphatic heterocycles. The average molecular weight is 353 g/mol. The molecule has 2 aromatic rings. The molecule has 0 amide bonds. The molecule has 0 atom stereocenters. The summed E-state index contributed by atoms with van der Waals surface area (Å²) < 4.78 is 13.5. The van der Waals surface area contributed by atoms with Gasteiger partial charge in [-0.3, -0.25) is 10.1 Å². The summed E-state index contributed by atoms with van der Waals surface area (Å²) in [5.74, 6) is -0.286. The van der Waals surface area contributed by atoms with Crippen molar-refractivity contribution in [3.63, 3.8) is 0 Å². The van der Waals surface area contributed by atoms with Gasteiger partial charge in [0.1, 0.15) is 10.3 Å². The Morgan fingerprint density at radius 2 is 1.90 bits per heavy atom. The minimum absolute atomic E-state index is 0.0441. The summed E-state index contributed by atoms with van der Waals surface area (Å²) in [4.78, 5) is 12.6. The Labute approximate surface area is 130 Å².